The van der Waals surface area contributed by atoms with Gasteiger partial charge in [0.25, 0.3) is 0 Å². The number of nitrogens with two attached hydrogens (primary N) is 1. The van der Waals surface area contributed by atoms with Crippen molar-refractivity contribution in [2.75, 3.05) is 6.54 Å². The Morgan fingerprint density at radius 1 is 1.21 bits per heavy atom. The first-order chi connectivity index (χ1) is 6.90. The lowest BCUT2D eigenvalue weighted by molar-refractivity contribution is 0.840. The van der Waals surface area contributed by atoms with Crippen LogP contribution in [-0.4, -0.2) is 6.54 Å². The molecule has 1 atom stereocenters. The zero-order chi connectivity index (χ0) is 9.80. The van der Waals surface area contributed by atoms with Crippen LogP contribution in [0.25, 0.3) is 0 Å². The van der Waals surface area contributed by atoms with Gasteiger partial charge in [0, 0.05) is 12.5 Å². The second kappa shape index (κ2) is 4.25. The number of hydrogen-bond donors (Lipinski definition) is 1. The van der Waals surface area contributed by atoms with Crippen LogP contribution >= 0.6 is 0 Å². The molecule has 0 radical (unpaired) electrons. The predicted molar refractivity (Wildman–Crippen MR) is 60.1 cm³/mol. The topological polar surface area (TPSA) is 26.0 Å². The molecule has 0 saturated heterocycles. The van der Waals surface area contributed by atoms with Crippen LogP contribution in [0.3, 0.4) is 0 Å². The molecule has 0 fully saturated rings. The van der Waals surface area contributed by atoms with Crippen molar-refractivity contribution < 1.29 is 0 Å². The van der Waals surface area contributed by atoms with Crippen LogP contribution in [0.5, 0.6) is 0 Å². The van der Waals surface area contributed by atoms with Crippen LogP contribution in [0.4, 0.5) is 0 Å². The molecule has 1 aliphatic rings. The Kier molecular flexibility index (Phi) is 2.80. The molecule has 2 rings (SSSR count). The zero-order valence-corrected chi connectivity index (χ0v) is 8.19. The van der Waals surface area contributed by atoms with E-state index in [0.29, 0.717) is 12.5 Å². The Morgan fingerprint density at radius 2 is 2.00 bits per heavy atom. The summed E-state index contributed by atoms with van der Waals surface area (Å²) in [6.07, 6.45) is 7.70. The normalized spacial score (nSPS) is 20.6. The first-order valence-corrected chi connectivity index (χ1v) is 5.02. The predicted octanol–water partition coefficient (Wildman–Crippen LogP) is 2.62. The van der Waals surface area contributed by atoms with Crippen molar-refractivity contribution in [3.8, 4) is 0 Å². The maximum absolute atomic E-state index is 5.57. The molecule has 14 heavy (non-hydrogen) atoms. The SMILES string of the molecule is NCC1=CCC(c2ccccc2)C=C1. The van der Waals surface area contributed by atoms with Gasteiger partial charge in [-0.05, 0) is 17.6 Å². The minimum absolute atomic E-state index is 0.534. The summed E-state index contributed by atoms with van der Waals surface area (Å²) in [6, 6.07) is 10.6. The molecule has 72 valence electrons. The maximum atomic E-state index is 5.57. The van der Waals surface area contributed by atoms with Crippen LogP contribution in [0.2, 0.25) is 0 Å². The highest BCUT2D eigenvalue weighted by Crippen LogP contribution is 2.25. The molecule has 1 nitrogen and oxygen atoms in total. The third kappa shape index (κ3) is 1.94. The van der Waals surface area contributed by atoms with Crippen LogP contribution in [0.15, 0.2) is 54.1 Å². The summed E-state index contributed by atoms with van der Waals surface area (Å²) in [5.41, 5.74) is 8.20. The number of benzene rings is 1. The Bertz CT molecular complexity index is 349. The smallest absolute Gasteiger partial charge is 0.0174 e. The molecule has 0 amide bonds. The molecular formula is C13H15N. The number of rotatable bonds is 2. The molecule has 1 aromatic rings. The van der Waals surface area contributed by atoms with Crippen molar-refractivity contribution in [1.82, 2.24) is 0 Å². The summed E-state index contributed by atoms with van der Waals surface area (Å²) in [7, 11) is 0. The summed E-state index contributed by atoms with van der Waals surface area (Å²) in [4.78, 5) is 0. The highest BCUT2D eigenvalue weighted by atomic mass is 14.5. The van der Waals surface area contributed by atoms with Gasteiger partial charge in [-0.2, -0.15) is 0 Å². The van der Waals surface area contributed by atoms with E-state index >= 15 is 0 Å². The molecule has 1 heteroatoms. The van der Waals surface area contributed by atoms with E-state index in [9.17, 15) is 0 Å². The molecule has 2 N–H and O–H groups in total. The molecular weight excluding hydrogens is 170 g/mol. The number of hydrogen-bond acceptors (Lipinski definition) is 1. The molecule has 0 aromatic heterocycles. The highest BCUT2D eigenvalue weighted by Gasteiger charge is 2.09. The fourth-order valence-electron chi connectivity index (χ4n) is 1.76. The van der Waals surface area contributed by atoms with E-state index in [4.69, 9.17) is 5.73 Å². The lowest BCUT2D eigenvalue weighted by Gasteiger charge is -2.15. The zero-order valence-electron chi connectivity index (χ0n) is 8.19. The highest BCUT2D eigenvalue weighted by molar-refractivity contribution is 5.33. The summed E-state index contributed by atoms with van der Waals surface area (Å²) in [6.45, 7) is 0.651. The first kappa shape index (κ1) is 9.22. The van der Waals surface area contributed by atoms with E-state index in [-0.39, 0.29) is 0 Å². The van der Waals surface area contributed by atoms with Gasteiger partial charge in [0.2, 0.25) is 0 Å². The van der Waals surface area contributed by atoms with E-state index in [1.807, 2.05) is 0 Å². The second-order valence-corrected chi connectivity index (χ2v) is 3.60. The van der Waals surface area contributed by atoms with E-state index in [0.717, 1.165) is 6.42 Å². The van der Waals surface area contributed by atoms with Gasteiger partial charge >= 0.3 is 0 Å². The fraction of sp³-hybridized carbons (Fsp3) is 0.231. The summed E-state index contributed by atoms with van der Waals surface area (Å²) >= 11 is 0. The van der Waals surface area contributed by atoms with Crippen LogP contribution < -0.4 is 5.73 Å². The van der Waals surface area contributed by atoms with Gasteiger partial charge < -0.3 is 5.73 Å². The van der Waals surface area contributed by atoms with Crippen LogP contribution in [-0.2, 0) is 0 Å². The van der Waals surface area contributed by atoms with Crippen molar-refractivity contribution in [1.29, 1.82) is 0 Å². The molecule has 0 saturated carbocycles. The van der Waals surface area contributed by atoms with Crippen molar-refractivity contribution in [2.24, 2.45) is 5.73 Å². The monoisotopic (exact) mass is 185 g/mol. The third-order valence-corrected chi connectivity index (χ3v) is 2.64. The van der Waals surface area contributed by atoms with Gasteiger partial charge in [-0.3, -0.25) is 0 Å². The summed E-state index contributed by atoms with van der Waals surface area (Å²) in [5, 5.41) is 0. The maximum Gasteiger partial charge on any atom is 0.0174 e. The van der Waals surface area contributed by atoms with E-state index < -0.39 is 0 Å². The van der Waals surface area contributed by atoms with Gasteiger partial charge in [0.05, 0.1) is 0 Å². The fourth-order valence-corrected chi connectivity index (χ4v) is 1.76. The second-order valence-electron chi connectivity index (χ2n) is 3.60. The molecule has 0 aliphatic heterocycles. The molecule has 1 unspecified atom stereocenters. The molecule has 1 aliphatic carbocycles. The van der Waals surface area contributed by atoms with Crippen molar-refractivity contribution >= 4 is 0 Å². The average molecular weight is 185 g/mol. The van der Waals surface area contributed by atoms with Crippen molar-refractivity contribution in [2.45, 2.75) is 12.3 Å². The quantitative estimate of drug-likeness (QED) is 0.753. The largest absolute Gasteiger partial charge is 0.327 e. The van der Waals surface area contributed by atoms with Gasteiger partial charge in [-0.15, -0.1) is 0 Å². The number of allylic oxidation sites excluding steroid dienone is 2. The van der Waals surface area contributed by atoms with Gasteiger partial charge in [-0.25, -0.2) is 0 Å². The van der Waals surface area contributed by atoms with E-state index in [1.165, 1.54) is 11.1 Å². The lowest BCUT2D eigenvalue weighted by Crippen LogP contribution is -2.05. The summed E-state index contributed by atoms with van der Waals surface area (Å²) < 4.78 is 0. The summed E-state index contributed by atoms with van der Waals surface area (Å²) in [5.74, 6) is 0.534. The minimum Gasteiger partial charge on any atom is -0.327 e. The Hall–Kier alpha value is -1.34. The Labute approximate surface area is 84.9 Å². The van der Waals surface area contributed by atoms with Gasteiger partial charge in [0.1, 0.15) is 0 Å². The van der Waals surface area contributed by atoms with Crippen molar-refractivity contribution in [3.05, 3.63) is 59.7 Å². The minimum atomic E-state index is 0.534. The molecule has 0 bridgehead atoms. The first-order valence-electron chi connectivity index (χ1n) is 5.02. The lowest BCUT2D eigenvalue weighted by atomic mass is 9.90. The van der Waals surface area contributed by atoms with Crippen molar-refractivity contribution in [3.63, 3.8) is 0 Å². The van der Waals surface area contributed by atoms with E-state index in [2.05, 4.69) is 48.6 Å². The van der Waals surface area contributed by atoms with Gasteiger partial charge in [-0.1, -0.05) is 48.6 Å². The average Bonchev–Trinajstić information content (AvgIpc) is 2.30. The molecule has 1 aromatic carbocycles. The molecule has 0 spiro atoms. The third-order valence-electron chi connectivity index (χ3n) is 2.64. The molecule has 0 heterocycles. The standard InChI is InChI=1S/C13H15N/c14-10-11-6-8-13(9-7-11)12-4-2-1-3-5-12/h1-8,13H,9-10,14H2. The Balaban J connectivity index is 2.11. The van der Waals surface area contributed by atoms with Gasteiger partial charge in [0.15, 0.2) is 0 Å². The Morgan fingerprint density at radius 3 is 2.57 bits per heavy atom. The van der Waals surface area contributed by atoms with Crippen LogP contribution in [0, 0.1) is 0 Å². The van der Waals surface area contributed by atoms with E-state index in [1.54, 1.807) is 0 Å². The van der Waals surface area contributed by atoms with Crippen LogP contribution in [0.1, 0.15) is 17.9 Å².